The second-order valence-electron chi connectivity index (χ2n) is 4.42. The van der Waals surface area contributed by atoms with E-state index in [0.717, 1.165) is 0 Å². The van der Waals surface area contributed by atoms with Gasteiger partial charge in [0.15, 0.2) is 5.69 Å². The third-order valence-electron chi connectivity index (χ3n) is 3.07. The third kappa shape index (κ3) is 2.90. The van der Waals surface area contributed by atoms with E-state index in [1.54, 1.807) is 0 Å². The van der Waals surface area contributed by atoms with E-state index in [0.29, 0.717) is 11.4 Å². The lowest BCUT2D eigenvalue weighted by molar-refractivity contribution is -0.277. The molecule has 20 heavy (non-hydrogen) atoms. The first-order valence-electron chi connectivity index (χ1n) is 6.01. The zero-order valence-corrected chi connectivity index (χ0v) is 10.5. The molecular formula is C13H15NO6. The van der Waals surface area contributed by atoms with E-state index in [9.17, 15) is 15.3 Å². The molecule has 0 aromatic heterocycles. The average Bonchev–Trinajstić information content (AvgIpc) is 2.48. The van der Waals surface area contributed by atoms with Crippen LogP contribution in [0.15, 0.2) is 24.3 Å². The molecule has 0 saturated carbocycles. The monoisotopic (exact) mass is 281 g/mol. The van der Waals surface area contributed by atoms with Crippen molar-refractivity contribution >= 4 is 5.69 Å². The summed E-state index contributed by atoms with van der Waals surface area (Å²) in [6.07, 6.45) is -6.58. The topological polar surface area (TPSA) is 104 Å². The van der Waals surface area contributed by atoms with E-state index in [2.05, 4.69) is 4.85 Å². The quantitative estimate of drug-likeness (QED) is 0.552. The van der Waals surface area contributed by atoms with E-state index in [4.69, 9.17) is 21.2 Å². The summed E-state index contributed by atoms with van der Waals surface area (Å²) in [5.74, 6) is 0.335. The summed E-state index contributed by atoms with van der Waals surface area (Å²) in [5, 5.41) is 38.1. The minimum absolute atomic E-state index is 0.335. The van der Waals surface area contributed by atoms with Gasteiger partial charge in [0.25, 0.3) is 0 Å². The highest BCUT2D eigenvalue weighted by molar-refractivity contribution is 5.47. The summed E-state index contributed by atoms with van der Waals surface area (Å²) in [4.78, 5) is 3.23. The molecule has 0 amide bonds. The van der Waals surface area contributed by atoms with Crippen LogP contribution < -0.4 is 4.74 Å². The summed E-state index contributed by atoms with van der Waals surface area (Å²) in [7, 11) is 0. The Morgan fingerprint density at radius 2 is 1.75 bits per heavy atom. The molecule has 1 fully saturated rings. The summed E-state index contributed by atoms with van der Waals surface area (Å²) < 4.78 is 10.6. The van der Waals surface area contributed by atoms with Crippen molar-refractivity contribution in [3.63, 3.8) is 0 Å². The van der Waals surface area contributed by atoms with Crippen molar-refractivity contribution in [1.82, 2.24) is 0 Å². The smallest absolute Gasteiger partial charge is 0.229 e. The van der Waals surface area contributed by atoms with E-state index >= 15 is 0 Å². The Labute approximate surface area is 115 Å². The van der Waals surface area contributed by atoms with Gasteiger partial charge >= 0.3 is 0 Å². The van der Waals surface area contributed by atoms with Gasteiger partial charge in [0.05, 0.1) is 13.2 Å². The van der Waals surface area contributed by atoms with Crippen molar-refractivity contribution in [3.05, 3.63) is 35.7 Å². The molecule has 5 atom stereocenters. The number of benzene rings is 1. The van der Waals surface area contributed by atoms with Crippen molar-refractivity contribution in [2.24, 2.45) is 0 Å². The highest BCUT2D eigenvalue weighted by Gasteiger charge is 2.44. The number of ether oxygens (including phenoxy) is 2. The van der Waals surface area contributed by atoms with Gasteiger partial charge in [-0.05, 0) is 12.1 Å². The SMILES string of the molecule is [C-]#[N+]c1ccc(O[C@H]2O[C@H](CO)[C@@H](O)[C@H](O)[C@H]2O)cc1. The van der Waals surface area contributed by atoms with Gasteiger partial charge in [-0.2, -0.15) is 0 Å². The van der Waals surface area contributed by atoms with Gasteiger partial charge in [-0.25, -0.2) is 4.85 Å². The molecule has 1 aliphatic heterocycles. The largest absolute Gasteiger partial charge is 0.462 e. The van der Waals surface area contributed by atoms with Crippen LogP contribution in [-0.4, -0.2) is 57.7 Å². The fraction of sp³-hybridized carbons (Fsp3) is 0.462. The van der Waals surface area contributed by atoms with Crippen molar-refractivity contribution in [2.75, 3.05) is 6.61 Å². The summed E-state index contributed by atoms with van der Waals surface area (Å²) >= 11 is 0. The molecule has 4 N–H and O–H groups in total. The Morgan fingerprint density at radius 3 is 2.30 bits per heavy atom. The highest BCUT2D eigenvalue weighted by atomic mass is 16.7. The van der Waals surface area contributed by atoms with Crippen LogP contribution in [-0.2, 0) is 4.74 Å². The van der Waals surface area contributed by atoms with Gasteiger partial charge in [0.2, 0.25) is 6.29 Å². The van der Waals surface area contributed by atoms with Crippen LogP contribution in [0.5, 0.6) is 5.75 Å². The van der Waals surface area contributed by atoms with Crippen molar-refractivity contribution in [2.45, 2.75) is 30.7 Å². The number of hydrogen-bond acceptors (Lipinski definition) is 6. The van der Waals surface area contributed by atoms with Gasteiger partial charge in [0.1, 0.15) is 30.2 Å². The molecule has 1 aliphatic rings. The Balaban J connectivity index is 2.09. The first-order valence-corrected chi connectivity index (χ1v) is 6.01. The van der Waals surface area contributed by atoms with Gasteiger partial charge in [-0.1, -0.05) is 12.1 Å². The molecule has 1 aromatic rings. The number of aliphatic hydroxyl groups excluding tert-OH is 4. The van der Waals surface area contributed by atoms with Gasteiger partial charge < -0.3 is 29.9 Å². The zero-order chi connectivity index (χ0) is 14.7. The lowest BCUT2D eigenvalue weighted by Crippen LogP contribution is -2.60. The first-order chi connectivity index (χ1) is 9.56. The fourth-order valence-electron chi connectivity index (χ4n) is 1.90. The number of rotatable bonds is 3. The minimum Gasteiger partial charge on any atom is -0.462 e. The normalized spacial score (nSPS) is 33.5. The highest BCUT2D eigenvalue weighted by Crippen LogP contribution is 2.25. The summed E-state index contributed by atoms with van der Waals surface area (Å²) in [6.45, 7) is 6.32. The van der Waals surface area contributed by atoms with Gasteiger partial charge in [-0.15, -0.1) is 0 Å². The standard InChI is InChI=1S/C13H15NO6/c1-14-7-2-4-8(5-3-7)19-13-12(18)11(17)10(16)9(6-15)20-13/h2-5,9-13,15-18H,6H2/t9-,10-,11+,12-,13+/m1/s1. The molecule has 2 rings (SSSR count). The molecule has 0 spiro atoms. The second kappa shape index (κ2) is 6.17. The molecule has 0 radical (unpaired) electrons. The number of aliphatic hydroxyl groups is 4. The second-order valence-corrected chi connectivity index (χ2v) is 4.42. The Bertz CT molecular complexity index is 483. The lowest BCUT2D eigenvalue weighted by Gasteiger charge is -2.39. The minimum atomic E-state index is -1.48. The lowest BCUT2D eigenvalue weighted by atomic mass is 9.99. The molecular weight excluding hydrogens is 266 g/mol. The zero-order valence-electron chi connectivity index (χ0n) is 10.5. The molecule has 0 unspecified atom stereocenters. The molecule has 1 saturated heterocycles. The van der Waals surface area contributed by atoms with Crippen molar-refractivity contribution < 1.29 is 29.9 Å². The molecule has 108 valence electrons. The van der Waals surface area contributed by atoms with Crippen LogP contribution in [0.1, 0.15) is 0 Å². The Hall–Kier alpha value is -1.69. The van der Waals surface area contributed by atoms with Crippen LogP contribution in [0.2, 0.25) is 0 Å². The third-order valence-corrected chi connectivity index (χ3v) is 3.07. The van der Waals surface area contributed by atoms with Gasteiger partial charge in [0, 0.05) is 0 Å². The molecule has 7 nitrogen and oxygen atoms in total. The molecule has 7 heteroatoms. The van der Waals surface area contributed by atoms with E-state index < -0.39 is 37.3 Å². The van der Waals surface area contributed by atoms with E-state index in [-0.39, 0.29) is 0 Å². The van der Waals surface area contributed by atoms with Crippen LogP contribution >= 0.6 is 0 Å². The average molecular weight is 281 g/mol. The predicted molar refractivity (Wildman–Crippen MR) is 67.1 cm³/mol. The van der Waals surface area contributed by atoms with Gasteiger partial charge in [-0.3, -0.25) is 0 Å². The van der Waals surface area contributed by atoms with E-state index in [1.807, 2.05) is 0 Å². The van der Waals surface area contributed by atoms with Crippen LogP contribution in [0, 0.1) is 6.57 Å². The first kappa shape index (κ1) is 14.7. The van der Waals surface area contributed by atoms with Crippen LogP contribution in [0.4, 0.5) is 5.69 Å². The molecule has 0 aliphatic carbocycles. The maximum atomic E-state index is 9.79. The summed E-state index contributed by atoms with van der Waals surface area (Å²) in [6, 6.07) is 6.11. The summed E-state index contributed by atoms with van der Waals surface area (Å²) in [5.41, 5.74) is 0.436. The molecule has 0 bridgehead atoms. The van der Waals surface area contributed by atoms with E-state index in [1.165, 1.54) is 24.3 Å². The maximum Gasteiger partial charge on any atom is 0.229 e. The van der Waals surface area contributed by atoms with Crippen LogP contribution in [0.3, 0.4) is 0 Å². The number of nitrogens with zero attached hydrogens (tertiary/aromatic N) is 1. The van der Waals surface area contributed by atoms with Crippen molar-refractivity contribution in [3.8, 4) is 5.75 Å². The molecule has 1 heterocycles. The predicted octanol–water partition coefficient (Wildman–Crippen LogP) is -0.584. The Morgan fingerprint density at radius 1 is 1.10 bits per heavy atom. The molecule has 1 aromatic carbocycles. The van der Waals surface area contributed by atoms with Crippen molar-refractivity contribution in [1.29, 1.82) is 0 Å². The number of hydrogen-bond donors (Lipinski definition) is 4. The fourth-order valence-corrected chi connectivity index (χ4v) is 1.90. The maximum absolute atomic E-state index is 9.79. The van der Waals surface area contributed by atoms with Crippen LogP contribution in [0.25, 0.3) is 4.85 Å². The Kier molecular flexibility index (Phi) is 4.54.